The van der Waals surface area contributed by atoms with Gasteiger partial charge in [0, 0.05) is 24.8 Å². The summed E-state index contributed by atoms with van der Waals surface area (Å²) in [5.41, 5.74) is 3.10. The van der Waals surface area contributed by atoms with Crippen LogP contribution >= 0.6 is 0 Å². The van der Waals surface area contributed by atoms with E-state index in [9.17, 15) is 13.2 Å². The maximum Gasteiger partial charge on any atom is 0.255 e. The number of carbonyl (C=O) groups excluding carboxylic acids is 1. The molecule has 3 rings (SSSR count). The Labute approximate surface area is 141 Å². The lowest BCUT2D eigenvalue weighted by Gasteiger charge is -2.26. The lowest BCUT2D eigenvalue weighted by Crippen LogP contribution is -2.31. The Balaban J connectivity index is 1.78. The van der Waals surface area contributed by atoms with Crippen LogP contribution in [0.3, 0.4) is 0 Å². The number of carbonyl (C=O) groups is 1. The lowest BCUT2D eigenvalue weighted by atomic mass is 10.0. The SMILES string of the molecule is CN1C(=O)CCc2cc(NS(=O)(=O)/C=C/c3ccccc3)ccc21. The van der Waals surface area contributed by atoms with Gasteiger partial charge in [-0.15, -0.1) is 0 Å². The second kappa shape index (κ2) is 6.49. The van der Waals surface area contributed by atoms with Gasteiger partial charge in [-0.3, -0.25) is 9.52 Å². The highest BCUT2D eigenvalue weighted by molar-refractivity contribution is 7.95. The van der Waals surface area contributed by atoms with Crippen LogP contribution in [-0.4, -0.2) is 21.4 Å². The summed E-state index contributed by atoms with van der Waals surface area (Å²) in [7, 11) is -1.87. The van der Waals surface area contributed by atoms with Gasteiger partial charge in [-0.2, -0.15) is 0 Å². The largest absolute Gasteiger partial charge is 0.315 e. The molecule has 0 spiro atoms. The molecule has 0 unspecified atom stereocenters. The average Bonchev–Trinajstić information content (AvgIpc) is 2.57. The van der Waals surface area contributed by atoms with Gasteiger partial charge in [-0.1, -0.05) is 30.3 Å². The highest BCUT2D eigenvalue weighted by atomic mass is 32.2. The fourth-order valence-corrected chi connectivity index (χ4v) is 3.51. The topological polar surface area (TPSA) is 66.5 Å². The highest BCUT2D eigenvalue weighted by Crippen LogP contribution is 2.29. The molecular formula is C18H18N2O3S. The number of rotatable bonds is 4. The summed E-state index contributed by atoms with van der Waals surface area (Å²) >= 11 is 0. The molecule has 2 aromatic carbocycles. The molecule has 24 heavy (non-hydrogen) atoms. The highest BCUT2D eigenvalue weighted by Gasteiger charge is 2.21. The summed E-state index contributed by atoms with van der Waals surface area (Å²) in [6.45, 7) is 0. The van der Waals surface area contributed by atoms with Crippen LogP contribution < -0.4 is 9.62 Å². The summed E-state index contributed by atoms with van der Waals surface area (Å²) in [6.07, 6.45) is 2.61. The van der Waals surface area contributed by atoms with Crippen LogP contribution in [0.25, 0.3) is 6.08 Å². The van der Waals surface area contributed by atoms with Crippen LogP contribution in [0.5, 0.6) is 0 Å². The second-order valence-corrected chi connectivity index (χ2v) is 7.22. The van der Waals surface area contributed by atoms with Crippen molar-refractivity contribution in [1.29, 1.82) is 0 Å². The van der Waals surface area contributed by atoms with Gasteiger partial charge in [0.15, 0.2) is 0 Å². The predicted octanol–water partition coefficient (Wildman–Crippen LogP) is 3.01. The molecule has 1 aliphatic heterocycles. The molecule has 0 saturated carbocycles. The third kappa shape index (κ3) is 3.65. The molecular weight excluding hydrogens is 324 g/mol. The summed E-state index contributed by atoms with van der Waals surface area (Å²) < 4.78 is 26.9. The molecule has 124 valence electrons. The Hall–Kier alpha value is -2.60. The van der Waals surface area contributed by atoms with Crippen LogP contribution in [0.1, 0.15) is 17.5 Å². The van der Waals surface area contributed by atoms with Crippen LogP contribution in [0.15, 0.2) is 53.9 Å². The van der Waals surface area contributed by atoms with E-state index in [-0.39, 0.29) is 5.91 Å². The van der Waals surface area contributed by atoms with Crippen molar-refractivity contribution in [1.82, 2.24) is 0 Å². The molecule has 0 fully saturated rings. The van der Waals surface area contributed by atoms with Crippen molar-refractivity contribution in [2.24, 2.45) is 0 Å². The lowest BCUT2D eigenvalue weighted by molar-refractivity contribution is -0.118. The molecule has 0 saturated heterocycles. The number of hydrogen-bond acceptors (Lipinski definition) is 3. The molecule has 0 atom stereocenters. The Kier molecular flexibility index (Phi) is 4.40. The van der Waals surface area contributed by atoms with Crippen LogP contribution in [0.4, 0.5) is 11.4 Å². The number of fused-ring (bicyclic) bond motifs is 1. The van der Waals surface area contributed by atoms with E-state index in [1.54, 1.807) is 36.2 Å². The zero-order valence-corrected chi connectivity index (χ0v) is 14.1. The minimum Gasteiger partial charge on any atom is -0.315 e. The summed E-state index contributed by atoms with van der Waals surface area (Å²) in [4.78, 5) is 13.3. The van der Waals surface area contributed by atoms with E-state index in [1.165, 1.54) is 0 Å². The van der Waals surface area contributed by atoms with Crippen molar-refractivity contribution in [2.45, 2.75) is 12.8 Å². The zero-order chi connectivity index (χ0) is 17.2. The van der Waals surface area contributed by atoms with Gasteiger partial charge in [-0.05, 0) is 41.8 Å². The first-order chi connectivity index (χ1) is 11.4. The zero-order valence-electron chi connectivity index (χ0n) is 13.3. The van der Waals surface area contributed by atoms with Crippen molar-refractivity contribution in [2.75, 3.05) is 16.7 Å². The minimum atomic E-state index is -3.59. The fraction of sp³-hybridized carbons (Fsp3) is 0.167. The maximum atomic E-state index is 12.2. The van der Waals surface area contributed by atoms with Crippen molar-refractivity contribution in [3.05, 3.63) is 65.1 Å². The summed E-state index contributed by atoms with van der Waals surface area (Å²) in [5.74, 6) is 0.0709. The standard InChI is InChI=1S/C18H18N2O3S/c1-20-17-9-8-16(13-15(17)7-10-18(20)21)19-24(22,23)12-11-14-5-3-2-4-6-14/h2-6,8-9,11-13,19H,7,10H2,1H3/b12-11+. The van der Waals surface area contributed by atoms with E-state index in [0.29, 0.717) is 18.5 Å². The van der Waals surface area contributed by atoms with Crippen molar-refractivity contribution >= 4 is 33.4 Å². The van der Waals surface area contributed by atoms with Gasteiger partial charge in [0.25, 0.3) is 10.0 Å². The molecule has 2 aromatic rings. The number of anilines is 2. The predicted molar refractivity (Wildman–Crippen MR) is 96.2 cm³/mol. The van der Waals surface area contributed by atoms with Crippen LogP contribution in [0, 0.1) is 0 Å². The quantitative estimate of drug-likeness (QED) is 0.929. The number of amides is 1. The van der Waals surface area contributed by atoms with E-state index in [0.717, 1.165) is 22.2 Å². The number of nitrogens with zero attached hydrogens (tertiary/aromatic N) is 1. The molecule has 1 N–H and O–H groups in total. The first kappa shape index (κ1) is 16.3. The Morgan fingerprint density at radius 1 is 1.08 bits per heavy atom. The van der Waals surface area contributed by atoms with E-state index in [4.69, 9.17) is 0 Å². The molecule has 1 aliphatic rings. The van der Waals surface area contributed by atoms with Gasteiger partial charge < -0.3 is 4.90 Å². The smallest absolute Gasteiger partial charge is 0.255 e. The fourth-order valence-electron chi connectivity index (χ4n) is 2.65. The summed E-state index contributed by atoms with van der Waals surface area (Å²) in [6, 6.07) is 14.5. The molecule has 1 amide bonds. The molecule has 0 aromatic heterocycles. The first-order valence-corrected chi connectivity index (χ1v) is 9.15. The third-order valence-electron chi connectivity index (χ3n) is 3.92. The molecule has 0 bridgehead atoms. The maximum absolute atomic E-state index is 12.2. The number of sulfonamides is 1. The number of nitrogens with one attached hydrogen (secondary N) is 1. The van der Waals surface area contributed by atoms with E-state index in [1.807, 2.05) is 30.3 Å². The number of aryl methyl sites for hydroxylation is 1. The van der Waals surface area contributed by atoms with Crippen molar-refractivity contribution < 1.29 is 13.2 Å². The monoisotopic (exact) mass is 342 g/mol. The molecule has 5 nitrogen and oxygen atoms in total. The Morgan fingerprint density at radius 2 is 1.83 bits per heavy atom. The third-order valence-corrected chi connectivity index (χ3v) is 4.94. The minimum absolute atomic E-state index is 0.0709. The van der Waals surface area contributed by atoms with E-state index >= 15 is 0 Å². The van der Waals surface area contributed by atoms with Gasteiger partial charge in [-0.25, -0.2) is 8.42 Å². The van der Waals surface area contributed by atoms with E-state index < -0.39 is 10.0 Å². The molecule has 6 heteroatoms. The number of hydrogen-bond donors (Lipinski definition) is 1. The molecule has 1 heterocycles. The van der Waals surface area contributed by atoms with Crippen LogP contribution in [0.2, 0.25) is 0 Å². The van der Waals surface area contributed by atoms with Crippen molar-refractivity contribution in [3.8, 4) is 0 Å². The Bertz CT molecular complexity index is 890. The Morgan fingerprint density at radius 3 is 2.58 bits per heavy atom. The normalized spacial score (nSPS) is 14.7. The molecule has 0 aliphatic carbocycles. The van der Waals surface area contributed by atoms with Gasteiger partial charge in [0.1, 0.15) is 0 Å². The summed E-state index contributed by atoms with van der Waals surface area (Å²) in [5, 5.41) is 1.15. The van der Waals surface area contributed by atoms with Gasteiger partial charge >= 0.3 is 0 Å². The van der Waals surface area contributed by atoms with Gasteiger partial charge in [0.05, 0.1) is 5.41 Å². The van der Waals surface area contributed by atoms with Gasteiger partial charge in [0.2, 0.25) is 5.91 Å². The first-order valence-electron chi connectivity index (χ1n) is 7.60. The second-order valence-electron chi connectivity index (χ2n) is 5.66. The van der Waals surface area contributed by atoms with Crippen molar-refractivity contribution in [3.63, 3.8) is 0 Å². The molecule has 0 radical (unpaired) electrons. The number of benzene rings is 2. The average molecular weight is 342 g/mol. The van der Waals surface area contributed by atoms with Crippen LogP contribution in [-0.2, 0) is 21.2 Å². The van der Waals surface area contributed by atoms with E-state index in [2.05, 4.69) is 4.72 Å².